The second-order valence-corrected chi connectivity index (χ2v) is 5.60. The lowest BCUT2D eigenvalue weighted by Crippen LogP contribution is -2.10. The second-order valence-electron chi connectivity index (χ2n) is 4.81. The highest BCUT2D eigenvalue weighted by atomic mass is 79.9. The van der Waals surface area contributed by atoms with Crippen molar-refractivity contribution < 1.29 is 4.74 Å². The maximum atomic E-state index is 5.83. The van der Waals surface area contributed by atoms with Crippen molar-refractivity contribution in [2.75, 3.05) is 11.9 Å². The molecule has 0 bridgehead atoms. The van der Waals surface area contributed by atoms with Crippen LogP contribution in [0.25, 0.3) is 0 Å². The van der Waals surface area contributed by atoms with Crippen LogP contribution in [0, 0.1) is 0 Å². The van der Waals surface area contributed by atoms with E-state index in [1.54, 1.807) is 0 Å². The summed E-state index contributed by atoms with van der Waals surface area (Å²) in [6, 6.07) is 10.6. The third-order valence-corrected chi connectivity index (χ3v) is 3.67. The summed E-state index contributed by atoms with van der Waals surface area (Å²) in [6.45, 7) is 3.10. The van der Waals surface area contributed by atoms with E-state index in [1.165, 1.54) is 31.2 Å². The van der Waals surface area contributed by atoms with Crippen molar-refractivity contribution in [3.63, 3.8) is 0 Å². The standard InChI is InChI=1S/C16H25BrO/c1-15(18-14-8-3-2-7-13-17)11-12-16-9-5-4-6-10-16/h4-6,9-10,15H,2-3,7-8,11-14H2,1H3. The van der Waals surface area contributed by atoms with Gasteiger partial charge in [-0.3, -0.25) is 0 Å². The van der Waals surface area contributed by atoms with E-state index in [0.29, 0.717) is 6.10 Å². The number of unbranched alkanes of at least 4 members (excludes halogenated alkanes) is 3. The van der Waals surface area contributed by atoms with Gasteiger partial charge in [0, 0.05) is 11.9 Å². The molecular formula is C16H25BrO. The Bertz CT molecular complexity index is 286. The minimum absolute atomic E-state index is 0.376. The van der Waals surface area contributed by atoms with Crippen molar-refractivity contribution in [1.29, 1.82) is 0 Å². The van der Waals surface area contributed by atoms with Crippen molar-refractivity contribution in [3.8, 4) is 0 Å². The minimum atomic E-state index is 0.376. The first-order valence-electron chi connectivity index (χ1n) is 7.04. The molecule has 1 rings (SSSR count). The van der Waals surface area contributed by atoms with Crippen molar-refractivity contribution >= 4 is 15.9 Å². The fourth-order valence-electron chi connectivity index (χ4n) is 1.93. The molecule has 0 radical (unpaired) electrons. The molecule has 1 aromatic carbocycles. The summed E-state index contributed by atoms with van der Waals surface area (Å²) < 4.78 is 5.83. The summed E-state index contributed by atoms with van der Waals surface area (Å²) in [4.78, 5) is 0. The number of benzene rings is 1. The third-order valence-electron chi connectivity index (χ3n) is 3.11. The van der Waals surface area contributed by atoms with E-state index in [4.69, 9.17) is 4.74 Å². The van der Waals surface area contributed by atoms with Gasteiger partial charge in [-0.05, 0) is 38.2 Å². The van der Waals surface area contributed by atoms with Crippen LogP contribution in [0.2, 0.25) is 0 Å². The highest BCUT2D eigenvalue weighted by Crippen LogP contribution is 2.08. The molecule has 1 unspecified atom stereocenters. The first-order chi connectivity index (χ1) is 8.83. The largest absolute Gasteiger partial charge is 0.378 e. The van der Waals surface area contributed by atoms with Crippen LogP contribution < -0.4 is 0 Å². The molecule has 1 nitrogen and oxygen atoms in total. The molecular weight excluding hydrogens is 288 g/mol. The number of alkyl halides is 1. The van der Waals surface area contributed by atoms with E-state index in [9.17, 15) is 0 Å². The maximum Gasteiger partial charge on any atom is 0.0550 e. The molecule has 0 saturated heterocycles. The zero-order valence-corrected chi connectivity index (χ0v) is 13.0. The Labute approximate surface area is 120 Å². The molecule has 2 heteroatoms. The van der Waals surface area contributed by atoms with Crippen molar-refractivity contribution in [3.05, 3.63) is 35.9 Å². The fourth-order valence-corrected chi connectivity index (χ4v) is 2.33. The summed E-state index contributed by atoms with van der Waals surface area (Å²) in [7, 11) is 0. The Hall–Kier alpha value is -0.340. The van der Waals surface area contributed by atoms with Gasteiger partial charge in [0.05, 0.1) is 6.10 Å². The molecule has 0 N–H and O–H groups in total. The maximum absolute atomic E-state index is 5.83. The normalized spacial score (nSPS) is 12.6. The first kappa shape index (κ1) is 15.7. The van der Waals surface area contributed by atoms with Gasteiger partial charge < -0.3 is 4.74 Å². The quantitative estimate of drug-likeness (QED) is 0.437. The Morgan fingerprint density at radius 1 is 1.06 bits per heavy atom. The van der Waals surface area contributed by atoms with Crippen LogP contribution in [-0.4, -0.2) is 18.0 Å². The van der Waals surface area contributed by atoms with Crippen molar-refractivity contribution in [2.45, 2.75) is 51.6 Å². The molecule has 1 atom stereocenters. The highest BCUT2D eigenvalue weighted by Gasteiger charge is 2.02. The molecule has 1 aromatic rings. The Balaban J connectivity index is 1.99. The Morgan fingerprint density at radius 3 is 2.50 bits per heavy atom. The molecule has 18 heavy (non-hydrogen) atoms. The molecule has 0 aliphatic rings. The van der Waals surface area contributed by atoms with Crippen molar-refractivity contribution in [2.24, 2.45) is 0 Å². The summed E-state index contributed by atoms with van der Waals surface area (Å²) in [5.74, 6) is 0. The molecule has 0 aliphatic heterocycles. The Morgan fingerprint density at radius 2 is 1.78 bits per heavy atom. The van der Waals surface area contributed by atoms with Gasteiger partial charge in [-0.25, -0.2) is 0 Å². The second kappa shape index (κ2) is 10.6. The van der Waals surface area contributed by atoms with Crippen LogP contribution >= 0.6 is 15.9 Å². The number of hydrogen-bond donors (Lipinski definition) is 0. The number of ether oxygens (including phenoxy) is 1. The van der Waals surface area contributed by atoms with E-state index < -0.39 is 0 Å². The van der Waals surface area contributed by atoms with Gasteiger partial charge in [-0.1, -0.05) is 59.1 Å². The van der Waals surface area contributed by atoms with Crippen LogP contribution in [0.3, 0.4) is 0 Å². The molecule has 0 amide bonds. The van der Waals surface area contributed by atoms with Crippen LogP contribution in [-0.2, 0) is 11.2 Å². The van der Waals surface area contributed by atoms with Gasteiger partial charge in [-0.15, -0.1) is 0 Å². The Kier molecular flexibility index (Phi) is 9.23. The monoisotopic (exact) mass is 312 g/mol. The van der Waals surface area contributed by atoms with E-state index in [1.807, 2.05) is 0 Å². The predicted molar refractivity (Wildman–Crippen MR) is 82.4 cm³/mol. The van der Waals surface area contributed by atoms with Gasteiger partial charge in [-0.2, -0.15) is 0 Å². The first-order valence-corrected chi connectivity index (χ1v) is 8.16. The average Bonchev–Trinajstić information content (AvgIpc) is 2.41. The summed E-state index contributed by atoms with van der Waals surface area (Å²) in [5, 5.41) is 1.13. The molecule has 0 aliphatic carbocycles. The summed E-state index contributed by atoms with van der Waals surface area (Å²) in [5.41, 5.74) is 1.41. The number of hydrogen-bond acceptors (Lipinski definition) is 1. The van der Waals surface area contributed by atoms with Crippen LogP contribution in [0.15, 0.2) is 30.3 Å². The topological polar surface area (TPSA) is 9.23 Å². The van der Waals surface area contributed by atoms with Gasteiger partial charge in [0.2, 0.25) is 0 Å². The van der Waals surface area contributed by atoms with E-state index >= 15 is 0 Å². The van der Waals surface area contributed by atoms with Crippen LogP contribution in [0.5, 0.6) is 0 Å². The minimum Gasteiger partial charge on any atom is -0.378 e. The lowest BCUT2D eigenvalue weighted by atomic mass is 10.1. The predicted octanol–water partition coefficient (Wildman–Crippen LogP) is 4.98. The van der Waals surface area contributed by atoms with Crippen LogP contribution in [0.4, 0.5) is 0 Å². The van der Waals surface area contributed by atoms with Gasteiger partial charge >= 0.3 is 0 Å². The summed E-state index contributed by atoms with van der Waals surface area (Å²) >= 11 is 3.45. The molecule has 0 heterocycles. The average molecular weight is 313 g/mol. The van der Waals surface area contributed by atoms with E-state index in [-0.39, 0.29) is 0 Å². The number of aryl methyl sites for hydroxylation is 1. The van der Waals surface area contributed by atoms with Gasteiger partial charge in [0.15, 0.2) is 0 Å². The zero-order valence-electron chi connectivity index (χ0n) is 11.4. The lowest BCUT2D eigenvalue weighted by molar-refractivity contribution is 0.0578. The van der Waals surface area contributed by atoms with Crippen LogP contribution in [0.1, 0.15) is 44.6 Å². The summed E-state index contributed by atoms with van der Waals surface area (Å²) in [6.07, 6.45) is 7.69. The van der Waals surface area contributed by atoms with Gasteiger partial charge in [0.1, 0.15) is 0 Å². The zero-order chi connectivity index (χ0) is 13.1. The van der Waals surface area contributed by atoms with E-state index in [0.717, 1.165) is 24.8 Å². The molecule has 0 fully saturated rings. The van der Waals surface area contributed by atoms with Crippen molar-refractivity contribution in [1.82, 2.24) is 0 Å². The SMILES string of the molecule is CC(CCc1ccccc1)OCCCCCCBr. The van der Waals surface area contributed by atoms with E-state index in [2.05, 4.69) is 53.2 Å². The molecule has 0 aromatic heterocycles. The third kappa shape index (κ3) is 7.88. The van der Waals surface area contributed by atoms with Gasteiger partial charge in [0.25, 0.3) is 0 Å². The lowest BCUT2D eigenvalue weighted by Gasteiger charge is -2.12. The fraction of sp³-hybridized carbons (Fsp3) is 0.625. The number of halogens is 1. The molecule has 102 valence electrons. The highest BCUT2D eigenvalue weighted by molar-refractivity contribution is 9.09. The number of rotatable bonds is 10. The molecule has 0 saturated carbocycles. The smallest absolute Gasteiger partial charge is 0.0550 e. The molecule has 0 spiro atoms.